The molecule has 0 radical (unpaired) electrons. The summed E-state index contributed by atoms with van der Waals surface area (Å²) < 4.78 is 5.36. The smallest absolute Gasteiger partial charge is 0.334 e. The Balaban J connectivity index is 1.99. The SMILES string of the molecule is C=C1C(=O)O[C@H]2C=C(C)[C@@H]3CC[C@@](C)(O)[C@@H]3C[C@H]12. The lowest BCUT2D eigenvalue weighted by molar-refractivity contribution is -0.137. The maximum atomic E-state index is 11.6. The minimum Gasteiger partial charge on any atom is -0.454 e. The Bertz CT molecular complexity index is 447. The fourth-order valence-corrected chi connectivity index (χ4v) is 3.94. The number of hydrogen-bond donors (Lipinski definition) is 1. The zero-order valence-electron chi connectivity index (χ0n) is 11.0. The van der Waals surface area contributed by atoms with E-state index in [4.69, 9.17) is 4.74 Å². The molecule has 0 unspecified atom stereocenters. The van der Waals surface area contributed by atoms with E-state index in [0.29, 0.717) is 11.5 Å². The topological polar surface area (TPSA) is 46.5 Å². The number of carbonyl (C=O) groups is 1. The molecule has 0 spiro atoms. The van der Waals surface area contributed by atoms with Crippen molar-refractivity contribution in [2.75, 3.05) is 0 Å². The summed E-state index contributed by atoms with van der Waals surface area (Å²) in [4.78, 5) is 11.6. The van der Waals surface area contributed by atoms with Gasteiger partial charge in [0, 0.05) is 11.5 Å². The first-order chi connectivity index (χ1) is 8.40. The van der Waals surface area contributed by atoms with Gasteiger partial charge in [0.25, 0.3) is 0 Å². The number of ether oxygens (including phenoxy) is 1. The van der Waals surface area contributed by atoms with E-state index < -0.39 is 5.60 Å². The molecular weight excluding hydrogens is 228 g/mol. The van der Waals surface area contributed by atoms with Gasteiger partial charge in [0.1, 0.15) is 6.10 Å². The van der Waals surface area contributed by atoms with Crippen LogP contribution in [0.25, 0.3) is 0 Å². The maximum absolute atomic E-state index is 11.6. The summed E-state index contributed by atoms with van der Waals surface area (Å²) in [6, 6.07) is 0. The summed E-state index contributed by atoms with van der Waals surface area (Å²) >= 11 is 0. The lowest BCUT2D eigenvalue weighted by Gasteiger charge is -2.30. The molecule has 0 aromatic heterocycles. The zero-order valence-corrected chi connectivity index (χ0v) is 11.0. The highest BCUT2D eigenvalue weighted by Gasteiger charge is 2.50. The van der Waals surface area contributed by atoms with E-state index in [0.717, 1.165) is 19.3 Å². The summed E-state index contributed by atoms with van der Waals surface area (Å²) in [7, 11) is 0. The fraction of sp³-hybridized carbons (Fsp3) is 0.667. The van der Waals surface area contributed by atoms with Crippen molar-refractivity contribution in [3.05, 3.63) is 23.8 Å². The zero-order chi connectivity index (χ0) is 13.1. The first-order valence-corrected chi connectivity index (χ1v) is 6.70. The Morgan fingerprint density at radius 3 is 2.94 bits per heavy atom. The number of allylic oxidation sites excluding steroid dienone is 1. The van der Waals surface area contributed by atoms with Gasteiger partial charge in [-0.3, -0.25) is 0 Å². The third kappa shape index (κ3) is 1.57. The normalized spacial score (nSPS) is 47.2. The van der Waals surface area contributed by atoms with Crippen LogP contribution in [0.15, 0.2) is 23.8 Å². The summed E-state index contributed by atoms with van der Waals surface area (Å²) in [6.07, 6.45) is 4.59. The number of esters is 1. The molecule has 1 saturated heterocycles. The molecule has 0 aromatic carbocycles. The second kappa shape index (κ2) is 3.70. The van der Waals surface area contributed by atoms with Crippen molar-refractivity contribution in [1.29, 1.82) is 0 Å². The van der Waals surface area contributed by atoms with Crippen molar-refractivity contribution in [3.63, 3.8) is 0 Å². The summed E-state index contributed by atoms with van der Waals surface area (Å²) in [6.45, 7) is 7.88. The van der Waals surface area contributed by atoms with Crippen LogP contribution in [0.1, 0.15) is 33.1 Å². The Morgan fingerprint density at radius 1 is 1.50 bits per heavy atom. The Kier molecular flexibility index (Phi) is 2.46. The predicted octanol–water partition coefficient (Wildman–Crippen LogP) is 2.21. The number of hydrogen-bond acceptors (Lipinski definition) is 3. The largest absolute Gasteiger partial charge is 0.454 e. The molecule has 0 amide bonds. The quantitative estimate of drug-likeness (QED) is 0.406. The van der Waals surface area contributed by atoms with Crippen LogP contribution in [-0.4, -0.2) is 22.8 Å². The van der Waals surface area contributed by atoms with E-state index >= 15 is 0 Å². The molecule has 0 bridgehead atoms. The molecule has 1 N–H and O–H groups in total. The van der Waals surface area contributed by atoms with Gasteiger partial charge in [0.05, 0.1) is 5.60 Å². The first kappa shape index (κ1) is 12.0. The van der Waals surface area contributed by atoms with Crippen LogP contribution < -0.4 is 0 Å². The molecule has 1 heterocycles. The lowest BCUT2D eigenvalue weighted by atomic mass is 9.78. The molecular formula is C15H20O3. The Hall–Kier alpha value is -1.09. The second-order valence-corrected chi connectivity index (χ2v) is 6.26. The van der Waals surface area contributed by atoms with E-state index in [1.165, 1.54) is 5.57 Å². The van der Waals surface area contributed by atoms with E-state index in [2.05, 4.69) is 19.6 Å². The van der Waals surface area contributed by atoms with Crippen LogP contribution in [0.5, 0.6) is 0 Å². The van der Waals surface area contributed by atoms with Crippen LogP contribution in [0.2, 0.25) is 0 Å². The van der Waals surface area contributed by atoms with Crippen molar-refractivity contribution in [2.24, 2.45) is 17.8 Å². The van der Waals surface area contributed by atoms with Crippen molar-refractivity contribution in [1.82, 2.24) is 0 Å². The van der Waals surface area contributed by atoms with Crippen molar-refractivity contribution in [3.8, 4) is 0 Å². The van der Waals surface area contributed by atoms with Gasteiger partial charge in [-0.1, -0.05) is 12.2 Å². The van der Waals surface area contributed by atoms with E-state index in [1.807, 2.05) is 6.92 Å². The molecule has 0 aromatic rings. The van der Waals surface area contributed by atoms with E-state index in [9.17, 15) is 9.90 Å². The standard InChI is InChI=1S/C15H20O3/c1-8-6-13-11(9(2)14(16)18-13)7-12-10(8)4-5-15(12,3)17/h6,10-13,17H,2,4-5,7H2,1,3H3/t10-,11+,12+,13-,15+/m0/s1. The van der Waals surface area contributed by atoms with Gasteiger partial charge in [0.2, 0.25) is 0 Å². The molecule has 1 saturated carbocycles. The van der Waals surface area contributed by atoms with Crippen LogP contribution >= 0.6 is 0 Å². The minimum absolute atomic E-state index is 0.0482. The molecule has 3 aliphatic rings. The van der Waals surface area contributed by atoms with E-state index in [-0.39, 0.29) is 23.9 Å². The van der Waals surface area contributed by atoms with Crippen LogP contribution in [-0.2, 0) is 9.53 Å². The monoisotopic (exact) mass is 248 g/mol. The molecule has 1 aliphatic heterocycles. The molecule has 98 valence electrons. The number of carbonyl (C=O) groups excluding carboxylic acids is 1. The highest BCUT2D eigenvalue weighted by atomic mass is 16.5. The average Bonchev–Trinajstić information content (AvgIpc) is 2.65. The number of rotatable bonds is 0. The molecule has 3 rings (SSSR count). The van der Waals surface area contributed by atoms with Gasteiger partial charge in [-0.05, 0) is 51.0 Å². The van der Waals surface area contributed by atoms with Gasteiger partial charge in [-0.25, -0.2) is 4.79 Å². The second-order valence-electron chi connectivity index (χ2n) is 6.26. The molecule has 18 heavy (non-hydrogen) atoms. The Labute approximate surface area is 108 Å². The van der Waals surface area contributed by atoms with E-state index in [1.54, 1.807) is 0 Å². The fourth-order valence-electron chi connectivity index (χ4n) is 3.94. The van der Waals surface area contributed by atoms with Crippen molar-refractivity contribution >= 4 is 5.97 Å². The summed E-state index contributed by atoms with van der Waals surface area (Å²) in [5.74, 6) is 0.421. The highest BCUT2D eigenvalue weighted by molar-refractivity contribution is 5.91. The third-order valence-electron chi connectivity index (χ3n) is 5.12. The maximum Gasteiger partial charge on any atom is 0.334 e. The van der Waals surface area contributed by atoms with Gasteiger partial charge < -0.3 is 9.84 Å². The molecule has 5 atom stereocenters. The predicted molar refractivity (Wildman–Crippen MR) is 67.7 cm³/mol. The first-order valence-electron chi connectivity index (χ1n) is 6.70. The molecule has 3 nitrogen and oxygen atoms in total. The van der Waals surface area contributed by atoms with Gasteiger partial charge in [-0.2, -0.15) is 0 Å². The van der Waals surface area contributed by atoms with Crippen molar-refractivity contribution in [2.45, 2.75) is 44.8 Å². The van der Waals surface area contributed by atoms with Crippen LogP contribution in [0.4, 0.5) is 0 Å². The Morgan fingerprint density at radius 2 is 2.22 bits per heavy atom. The van der Waals surface area contributed by atoms with Crippen LogP contribution in [0.3, 0.4) is 0 Å². The average molecular weight is 248 g/mol. The van der Waals surface area contributed by atoms with Gasteiger partial charge >= 0.3 is 5.97 Å². The molecule has 2 fully saturated rings. The summed E-state index contributed by atoms with van der Waals surface area (Å²) in [5, 5.41) is 10.5. The molecule has 2 aliphatic carbocycles. The number of aliphatic hydroxyl groups is 1. The molecule has 3 heteroatoms. The lowest BCUT2D eigenvalue weighted by Crippen LogP contribution is -2.33. The number of fused-ring (bicyclic) bond motifs is 2. The van der Waals surface area contributed by atoms with Gasteiger partial charge in [-0.15, -0.1) is 0 Å². The van der Waals surface area contributed by atoms with Crippen molar-refractivity contribution < 1.29 is 14.6 Å². The highest BCUT2D eigenvalue weighted by Crippen LogP contribution is 2.51. The van der Waals surface area contributed by atoms with Gasteiger partial charge in [0.15, 0.2) is 0 Å². The van der Waals surface area contributed by atoms with Crippen LogP contribution in [0, 0.1) is 17.8 Å². The third-order valence-corrected chi connectivity index (χ3v) is 5.12. The minimum atomic E-state index is -0.624. The summed E-state index contributed by atoms with van der Waals surface area (Å²) in [5.41, 5.74) is 1.21.